The number of aliphatic hydroxyl groups excluding tert-OH is 1. The van der Waals surface area contributed by atoms with Crippen LogP contribution in [-0.4, -0.2) is 44.2 Å². The molecule has 0 saturated heterocycles. The van der Waals surface area contributed by atoms with Gasteiger partial charge in [0.1, 0.15) is 12.7 Å². The second kappa shape index (κ2) is 9.49. The highest BCUT2D eigenvalue weighted by Gasteiger charge is 2.02. The van der Waals surface area contributed by atoms with Crippen molar-refractivity contribution in [1.29, 1.82) is 0 Å². The first kappa shape index (κ1) is 12.4. The molecule has 0 spiro atoms. The molecule has 3 N–H and O–H groups in total. The highest BCUT2D eigenvalue weighted by atomic mass is 16.5. The normalized spacial score (nSPS) is 12.4. The maximum Gasteiger partial charge on any atom is 0.107 e. The maximum absolute atomic E-state index is 9.23. The molecular weight excluding hydrogens is 170 g/mol. The van der Waals surface area contributed by atoms with E-state index in [4.69, 9.17) is 21.6 Å². The van der Waals surface area contributed by atoms with Crippen molar-refractivity contribution in [3.05, 3.63) is 0 Å². The van der Waals surface area contributed by atoms with Crippen molar-refractivity contribution in [2.45, 2.75) is 12.5 Å². The van der Waals surface area contributed by atoms with E-state index in [1.807, 2.05) is 0 Å². The quantitative estimate of drug-likeness (QED) is 0.392. The van der Waals surface area contributed by atoms with Gasteiger partial charge in [0.2, 0.25) is 0 Å². The molecule has 0 aromatic heterocycles. The third kappa shape index (κ3) is 9.31. The lowest BCUT2D eigenvalue weighted by molar-refractivity contribution is -0.0121. The number of hydrogen-bond donors (Lipinski definition) is 2. The number of ether oxygens (including phenoxy) is 2. The Labute approximate surface area is 79.0 Å². The number of terminal acetylenes is 1. The number of aliphatic hydroxyl groups is 1. The Hall–Kier alpha value is -0.600. The van der Waals surface area contributed by atoms with Gasteiger partial charge < -0.3 is 20.3 Å². The van der Waals surface area contributed by atoms with Crippen molar-refractivity contribution in [1.82, 2.24) is 0 Å². The average molecular weight is 187 g/mol. The van der Waals surface area contributed by atoms with Crippen molar-refractivity contribution in [2.24, 2.45) is 5.73 Å². The molecule has 0 aliphatic carbocycles. The van der Waals surface area contributed by atoms with E-state index in [1.165, 1.54) is 0 Å². The molecule has 4 heteroatoms. The van der Waals surface area contributed by atoms with Crippen LogP contribution in [0.1, 0.15) is 6.42 Å². The molecule has 1 atom stereocenters. The van der Waals surface area contributed by atoms with Gasteiger partial charge in [-0.1, -0.05) is 5.92 Å². The fraction of sp³-hybridized carbons (Fsp3) is 0.778. The van der Waals surface area contributed by atoms with Gasteiger partial charge in [0.15, 0.2) is 0 Å². The average Bonchev–Trinajstić information content (AvgIpc) is 2.13. The molecule has 0 aromatic carbocycles. The molecule has 1 unspecified atom stereocenters. The molecule has 0 amide bonds. The number of nitrogens with two attached hydrogens (primary N) is 1. The van der Waals surface area contributed by atoms with Crippen molar-refractivity contribution in [3.8, 4) is 12.3 Å². The molecule has 0 bridgehead atoms. The molecular formula is C9H17NO3. The molecule has 0 fully saturated rings. The summed E-state index contributed by atoms with van der Waals surface area (Å²) in [6.07, 6.45) is 5.15. The van der Waals surface area contributed by atoms with E-state index in [1.54, 1.807) is 0 Å². The third-order valence-electron chi connectivity index (χ3n) is 1.30. The molecule has 0 aliphatic heterocycles. The van der Waals surface area contributed by atoms with Gasteiger partial charge in [-0.05, 0) is 13.0 Å². The van der Waals surface area contributed by atoms with Gasteiger partial charge in [-0.15, -0.1) is 6.42 Å². The second-order valence-electron chi connectivity index (χ2n) is 2.59. The first-order valence-electron chi connectivity index (χ1n) is 4.28. The Kier molecular flexibility index (Phi) is 9.05. The van der Waals surface area contributed by atoms with Crippen LogP contribution in [0.3, 0.4) is 0 Å². The topological polar surface area (TPSA) is 64.7 Å². The van der Waals surface area contributed by atoms with E-state index in [0.29, 0.717) is 13.2 Å². The van der Waals surface area contributed by atoms with Crippen molar-refractivity contribution >= 4 is 0 Å². The highest BCUT2D eigenvalue weighted by Crippen LogP contribution is 1.88. The third-order valence-corrected chi connectivity index (χ3v) is 1.30. The minimum atomic E-state index is -0.605. The maximum atomic E-state index is 9.23. The van der Waals surface area contributed by atoms with Gasteiger partial charge in [-0.3, -0.25) is 0 Å². The Bertz CT molecular complexity index is 144. The zero-order chi connectivity index (χ0) is 9.94. The smallest absolute Gasteiger partial charge is 0.107 e. The van der Waals surface area contributed by atoms with Gasteiger partial charge in [-0.2, -0.15) is 0 Å². The van der Waals surface area contributed by atoms with Crippen LogP contribution in [0.25, 0.3) is 0 Å². The molecule has 0 aromatic rings. The molecule has 76 valence electrons. The van der Waals surface area contributed by atoms with Gasteiger partial charge in [-0.25, -0.2) is 0 Å². The van der Waals surface area contributed by atoms with E-state index in [9.17, 15) is 5.11 Å². The molecule has 4 nitrogen and oxygen atoms in total. The van der Waals surface area contributed by atoms with Crippen LogP contribution in [0.15, 0.2) is 0 Å². The summed E-state index contributed by atoms with van der Waals surface area (Å²) < 4.78 is 10.0. The molecule has 0 aliphatic rings. The summed E-state index contributed by atoms with van der Waals surface area (Å²) in [7, 11) is 0. The Morgan fingerprint density at radius 2 is 2.08 bits per heavy atom. The van der Waals surface area contributed by atoms with Crippen molar-refractivity contribution in [2.75, 3.05) is 33.0 Å². The predicted molar refractivity (Wildman–Crippen MR) is 50.1 cm³/mol. The summed E-state index contributed by atoms with van der Waals surface area (Å²) in [4.78, 5) is 0. The van der Waals surface area contributed by atoms with Gasteiger partial charge in [0.25, 0.3) is 0 Å². The first-order chi connectivity index (χ1) is 6.31. The standard InChI is InChI=1S/C9H17NO3/c1-2-5-12-7-9(11)8-13-6-3-4-10/h1,9,11H,3-8,10H2. The lowest BCUT2D eigenvalue weighted by Gasteiger charge is -2.10. The lowest BCUT2D eigenvalue weighted by atomic mass is 10.4. The monoisotopic (exact) mass is 187 g/mol. The van der Waals surface area contributed by atoms with Crippen LogP contribution in [0.2, 0.25) is 0 Å². The van der Waals surface area contributed by atoms with Crippen LogP contribution < -0.4 is 5.73 Å². The van der Waals surface area contributed by atoms with E-state index >= 15 is 0 Å². The zero-order valence-corrected chi connectivity index (χ0v) is 7.74. The Morgan fingerprint density at radius 1 is 1.38 bits per heavy atom. The molecule has 13 heavy (non-hydrogen) atoms. The Morgan fingerprint density at radius 3 is 2.69 bits per heavy atom. The van der Waals surface area contributed by atoms with E-state index in [-0.39, 0.29) is 19.8 Å². The highest BCUT2D eigenvalue weighted by molar-refractivity contribution is 4.82. The summed E-state index contributed by atoms with van der Waals surface area (Å²) in [5.74, 6) is 2.31. The molecule has 0 heterocycles. The van der Waals surface area contributed by atoms with Crippen molar-refractivity contribution in [3.63, 3.8) is 0 Å². The number of hydrogen-bond acceptors (Lipinski definition) is 4. The minimum absolute atomic E-state index is 0.215. The van der Waals surface area contributed by atoms with Crippen LogP contribution >= 0.6 is 0 Å². The minimum Gasteiger partial charge on any atom is -0.388 e. The van der Waals surface area contributed by atoms with Crippen LogP contribution in [-0.2, 0) is 9.47 Å². The molecule has 0 rings (SSSR count). The van der Waals surface area contributed by atoms with E-state index in [2.05, 4.69) is 5.92 Å². The summed E-state index contributed by atoms with van der Waals surface area (Å²) in [6.45, 7) is 1.88. The van der Waals surface area contributed by atoms with E-state index in [0.717, 1.165) is 6.42 Å². The van der Waals surface area contributed by atoms with Crippen LogP contribution in [0.5, 0.6) is 0 Å². The summed E-state index contributed by atoms with van der Waals surface area (Å²) in [6, 6.07) is 0. The fourth-order valence-corrected chi connectivity index (χ4v) is 0.707. The van der Waals surface area contributed by atoms with E-state index < -0.39 is 6.10 Å². The van der Waals surface area contributed by atoms with Gasteiger partial charge in [0.05, 0.1) is 13.2 Å². The Balaban J connectivity index is 3.11. The lowest BCUT2D eigenvalue weighted by Crippen LogP contribution is -2.22. The van der Waals surface area contributed by atoms with Crippen LogP contribution in [0.4, 0.5) is 0 Å². The largest absolute Gasteiger partial charge is 0.388 e. The number of rotatable bonds is 8. The molecule has 0 saturated carbocycles. The van der Waals surface area contributed by atoms with Gasteiger partial charge >= 0.3 is 0 Å². The molecule has 0 radical (unpaired) electrons. The van der Waals surface area contributed by atoms with Crippen LogP contribution in [0, 0.1) is 12.3 Å². The SMILES string of the molecule is C#CCOCC(O)COCCCN. The van der Waals surface area contributed by atoms with Crippen molar-refractivity contribution < 1.29 is 14.6 Å². The fourth-order valence-electron chi connectivity index (χ4n) is 0.707. The summed E-state index contributed by atoms with van der Waals surface area (Å²) >= 11 is 0. The van der Waals surface area contributed by atoms with Gasteiger partial charge in [0, 0.05) is 6.61 Å². The second-order valence-corrected chi connectivity index (χ2v) is 2.59. The summed E-state index contributed by atoms with van der Waals surface area (Å²) in [5, 5.41) is 9.23. The predicted octanol–water partition coefficient (Wildman–Crippen LogP) is -0.637. The first-order valence-corrected chi connectivity index (χ1v) is 4.28. The summed E-state index contributed by atoms with van der Waals surface area (Å²) in [5.41, 5.74) is 5.25. The zero-order valence-electron chi connectivity index (χ0n) is 7.74.